The van der Waals surface area contributed by atoms with Gasteiger partial charge in [0.25, 0.3) is 0 Å². The molecule has 0 aliphatic heterocycles. The molecular formula is C10H16O. The van der Waals surface area contributed by atoms with Crippen LogP contribution in [0.4, 0.5) is 0 Å². The molecule has 1 unspecified atom stereocenters. The topological polar surface area (TPSA) is 9.23 Å². The first-order chi connectivity index (χ1) is 5.27. The highest BCUT2D eigenvalue weighted by molar-refractivity contribution is 5.17. The minimum atomic E-state index is 0.285. The van der Waals surface area contributed by atoms with Gasteiger partial charge in [-0.3, -0.25) is 0 Å². The normalized spacial score (nSPS) is 64.9. The van der Waals surface area contributed by atoms with Crippen molar-refractivity contribution in [2.75, 3.05) is 7.11 Å². The number of fused-ring (bicyclic) bond motifs is 5. The van der Waals surface area contributed by atoms with E-state index < -0.39 is 0 Å². The van der Waals surface area contributed by atoms with Gasteiger partial charge < -0.3 is 4.74 Å². The second-order valence-corrected chi connectivity index (χ2v) is 4.74. The van der Waals surface area contributed by atoms with Crippen LogP contribution >= 0.6 is 0 Å². The summed E-state index contributed by atoms with van der Waals surface area (Å²) >= 11 is 0. The van der Waals surface area contributed by atoms with E-state index in [1.165, 1.54) is 19.3 Å². The maximum Gasteiger partial charge on any atom is 0.0712 e. The van der Waals surface area contributed by atoms with Gasteiger partial charge in [0.15, 0.2) is 0 Å². The molecule has 0 aromatic rings. The van der Waals surface area contributed by atoms with Crippen LogP contribution in [0.25, 0.3) is 0 Å². The zero-order chi connectivity index (χ0) is 7.64. The van der Waals surface area contributed by atoms with Gasteiger partial charge in [0, 0.05) is 7.11 Å². The number of hydrogen-bond acceptors (Lipinski definition) is 1. The molecule has 3 rings (SSSR count). The Bertz CT molecular complexity index is 183. The summed E-state index contributed by atoms with van der Waals surface area (Å²) in [6.07, 6.45) is 4.40. The number of hydrogen-bond donors (Lipinski definition) is 0. The first kappa shape index (κ1) is 6.47. The molecule has 2 bridgehead atoms. The predicted octanol–water partition coefficient (Wildman–Crippen LogP) is 2.07. The van der Waals surface area contributed by atoms with E-state index >= 15 is 0 Å². The molecule has 0 aromatic heterocycles. The maximum absolute atomic E-state index is 5.69. The maximum atomic E-state index is 5.69. The van der Waals surface area contributed by atoms with Crippen molar-refractivity contribution < 1.29 is 4.74 Å². The summed E-state index contributed by atoms with van der Waals surface area (Å²) in [5, 5.41) is 0. The van der Waals surface area contributed by atoms with E-state index in [1.807, 2.05) is 7.11 Å². The van der Waals surface area contributed by atoms with Crippen LogP contribution in [-0.4, -0.2) is 12.7 Å². The molecule has 5 atom stereocenters. The van der Waals surface area contributed by atoms with Gasteiger partial charge in [-0.05, 0) is 49.9 Å². The zero-order valence-electron chi connectivity index (χ0n) is 7.34. The van der Waals surface area contributed by atoms with Crippen LogP contribution in [0, 0.1) is 23.7 Å². The number of ether oxygens (including phenoxy) is 1. The second kappa shape index (κ2) is 1.66. The van der Waals surface area contributed by atoms with Crippen LogP contribution in [0.2, 0.25) is 0 Å². The van der Waals surface area contributed by atoms with Gasteiger partial charge >= 0.3 is 0 Å². The molecule has 0 aromatic carbocycles. The van der Waals surface area contributed by atoms with Crippen LogP contribution in [0.1, 0.15) is 26.2 Å². The van der Waals surface area contributed by atoms with E-state index in [9.17, 15) is 0 Å². The average molecular weight is 152 g/mol. The van der Waals surface area contributed by atoms with E-state index in [-0.39, 0.29) is 5.60 Å². The first-order valence-electron chi connectivity index (χ1n) is 4.82. The Balaban J connectivity index is 1.99. The Kier molecular flexibility index (Phi) is 0.976. The summed E-state index contributed by atoms with van der Waals surface area (Å²) in [4.78, 5) is 0. The molecule has 1 heteroatoms. The predicted molar refractivity (Wildman–Crippen MR) is 43.2 cm³/mol. The average Bonchev–Trinajstić information content (AvgIpc) is 2.71. The van der Waals surface area contributed by atoms with Gasteiger partial charge in [-0.25, -0.2) is 0 Å². The van der Waals surface area contributed by atoms with Crippen molar-refractivity contribution in [1.82, 2.24) is 0 Å². The van der Waals surface area contributed by atoms with Gasteiger partial charge in [-0.2, -0.15) is 0 Å². The van der Waals surface area contributed by atoms with Gasteiger partial charge in [-0.15, -0.1) is 0 Å². The number of rotatable bonds is 1. The van der Waals surface area contributed by atoms with Crippen molar-refractivity contribution in [3.63, 3.8) is 0 Å². The molecule has 0 heterocycles. The second-order valence-electron chi connectivity index (χ2n) is 4.74. The summed E-state index contributed by atoms with van der Waals surface area (Å²) < 4.78 is 5.69. The molecule has 3 aliphatic carbocycles. The third kappa shape index (κ3) is 0.547. The zero-order valence-corrected chi connectivity index (χ0v) is 7.34. The van der Waals surface area contributed by atoms with Crippen molar-refractivity contribution in [2.24, 2.45) is 23.7 Å². The molecule has 3 fully saturated rings. The Morgan fingerprint density at radius 2 is 1.73 bits per heavy atom. The van der Waals surface area contributed by atoms with Crippen molar-refractivity contribution in [2.45, 2.75) is 31.8 Å². The van der Waals surface area contributed by atoms with E-state index in [1.54, 1.807) is 0 Å². The Labute approximate surface area is 68.1 Å². The Hall–Kier alpha value is -0.0400. The molecule has 62 valence electrons. The first-order valence-corrected chi connectivity index (χ1v) is 4.82. The third-order valence-corrected chi connectivity index (χ3v) is 4.63. The summed E-state index contributed by atoms with van der Waals surface area (Å²) in [7, 11) is 1.90. The lowest BCUT2D eigenvalue weighted by Crippen LogP contribution is -2.35. The van der Waals surface area contributed by atoms with Gasteiger partial charge in [0.2, 0.25) is 0 Å². The van der Waals surface area contributed by atoms with Crippen molar-refractivity contribution in [3.05, 3.63) is 0 Å². The summed E-state index contributed by atoms with van der Waals surface area (Å²) in [5.41, 5.74) is 0.285. The van der Waals surface area contributed by atoms with Crippen molar-refractivity contribution in [1.29, 1.82) is 0 Å². The highest BCUT2D eigenvalue weighted by Crippen LogP contribution is 2.70. The largest absolute Gasteiger partial charge is 0.378 e. The van der Waals surface area contributed by atoms with Crippen LogP contribution in [-0.2, 0) is 4.74 Å². The Morgan fingerprint density at radius 3 is 2.09 bits per heavy atom. The molecule has 0 N–H and O–H groups in total. The Morgan fingerprint density at radius 1 is 1.18 bits per heavy atom. The highest BCUT2D eigenvalue weighted by atomic mass is 16.5. The molecule has 0 spiro atoms. The van der Waals surface area contributed by atoms with E-state index in [2.05, 4.69) is 6.92 Å². The smallest absolute Gasteiger partial charge is 0.0712 e. The summed E-state index contributed by atoms with van der Waals surface area (Å²) in [6.45, 7) is 2.33. The molecule has 3 aliphatic rings. The van der Waals surface area contributed by atoms with E-state index in [0.29, 0.717) is 0 Å². The quantitative estimate of drug-likeness (QED) is 0.559. The molecule has 3 saturated carbocycles. The minimum absolute atomic E-state index is 0.285. The fourth-order valence-corrected chi connectivity index (χ4v) is 3.95. The fraction of sp³-hybridized carbons (Fsp3) is 1.00. The minimum Gasteiger partial charge on any atom is -0.378 e. The molecular weight excluding hydrogens is 136 g/mol. The highest BCUT2D eigenvalue weighted by Gasteiger charge is 2.68. The van der Waals surface area contributed by atoms with Crippen molar-refractivity contribution in [3.8, 4) is 0 Å². The lowest BCUT2D eigenvalue weighted by atomic mass is 9.88. The third-order valence-electron chi connectivity index (χ3n) is 4.63. The molecule has 0 radical (unpaired) electrons. The summed E-state index contributed by atoms with van der Waals surface area (Å²) in [5.74, 6) is 3.97. The molecule has 1 nitrogen and oxygen atoms in total. The lowest BCUT2D eigenvalue weighted by Gasteiger charge is -2.31. The van der Waals surface area contributed by atoms with Crippen LogP contribution in [0.15, 0.2) is 0 Å². The standard InChI is InChI=1S/C10H16O/c1-10(11-2)8-3-4-9(10)7-5-6(7)8/h6-9H,3-5H2,1-2H3/t6-,7+,8-,9+,10?. The van der Waals surface area contributed by atoms with Crippen molar-refractivity contribution >= 4 is 0 Å². The SMILES string of the molecule is COC1(C)[C@@H]2CC[C@H]1[C@H]1C[C@H]12. The fourth-order valence-electron chi connectivity index (χ4n) is 3.95. The van der Waals surface area contributed by atoms with Crippen LogP contribution in [0.5, 0.6) is 0 Å². The van der Waals surface area contributed by atoms with Crippen LogP contribution < -0.4 is 0 Å². The number of methoxy groups -OCH3 is 1. The van der Waals surface area contributed by atoms with E-state index in [0.717, 1.165) is 23.7 Å². The van der Waals surface area contributed by atoms with Gasteiger partial charge in [0.05, 0.1) is 5.60 Å². The molecule has 11 heavy (non-hydrogen) atoms. The van der Waals surface area contributed by atoms with Gasteiger partial charge in [-0.1, -0.05) is 0 Å². The molecule has 0 saturated heterocycles. The lowest BCUT2D eigenvalue weighted by molar-refractivity contribution is -0.0456. The van der Waals surface area contributed by atoms with Crippen LogP contribution in [0.3, 0.4) is 0 Å². The molecule has 0 amide bonds. The summed E-state index contributed by atoms with van der Waals surface area (Å²) in [6, 6.07) is 0. The van der Waals surface area contributed by atoms with Gasteiger partial charge in [0.1, 0.15) is 0 Å². The monoisotopic (exact) mass is 152 g/mol. The van der Waals surface area contributed by atoms with E-state index in [4.69, 9.17) is 4.74 Å².